The van der Waals surface area contributed by atoms with E-state index in [2.05, 4.69) is 5.32 Å². The number of nitrogens with zero attached hydrogens (tertiary/aromatic N) is 2. The summed E-state index contributed by atoms with van der Waals surface area (Å²) < 4.78 is 10.8. The molecule has 0 aliphatic carbocycles. The highest BCUT2D eigenvalue weighted by Gasteiger charge is 2.40. The van der Waals surface area contributed by atoms with Crippen molar-refractivity contribution in [2.45, 2.75) is 32.8 Å². The highest BCUT2D eigenvalue weighted by atomic mass is 16.6. The first kappa shape index (κ1) is 21.1. The molecule has 1 N–H and O–H groups in total. The molecule has 0 radical (unpaired) electrons. The zero-order valence-electron chi connectivity index (χ0n) is 17.2. The van der Waals surface area contributed by atoms with Gasteiger partial charge in [0.05, 0.1) is 17.7 Å². The molecule has 1 aliphatic heterocycles. The predicted molar refractivity (Wildman–Crippen MR) is 111 cm³/mol. The van der Waals surface area contributed by atoms with Gasteiger partial charge in [0.2, 0.25) is 5.91 Å². The van der Waals surface area contributed by atoms with E-state index in [0.717, 1.165) is 5.56 Å². The van der Waals surface area contributed by atoms with Gasteiger partial charge in [-0.25, -0.2) is 0 Å². The van der Waals surface area contributed by atoms with Gasteiger partial charge in [-0.15, -0.1) is 0 Å². The maximum Gasteiger partial charge on any atom is 0.312 e. The third kappa shape index (κ3) is 4.19. The molecule has 158 valence electrons. The molecule has 0 spiro atoms. The van der Waals surface area contributed by atoms with E-state index in [4.69, 9.17) is 9.47 Å². The molecular weight excluding hydrogens is 390 g/mol. The fourth-order valence-electron chi connectivity index (χ4n) is 3.25. The van der Waals surface area contributed by atoms with E-state index in [1.165, 1.54) is 25.3 Å². The Hall–Kier alpha value is -3.62. The Bertz CT molecular complexity index is 1020. The maximum atomic E-state index is 12.9. The Labute approximate surface area is 173 Å². The van der Waals surface area contributed by atoms with E-state index in [-0.39, 0.29) is 41.9 Å². The van der Waals surface area contributed by atoms with Gasteiger partial charge in [-0.05, 0) is 50.6 Å². The number of methoxy groups -OCH3 is 1. The van der Waals surface area contributed by atoms with Crippen molar-refractivity contribution in [1.82, 2.24) is 0 Å². The molecule has 9 nitrogen and oxygen atoms in total. The minimum Gasteiger partial charge on any atom is -0.490 e. The Morgan fingerprint density at radius 2 is 2.00 bits per heavy atom. The van der Waals surface area contributed by atoms with Gasteiger partial charge in [-0.3, -0.25) is 19.7 Å². The molecule has 1 aliphatic rings. The lowest BCUT2D eigenvalue weighted by molar-refractivity contribution is -0.385. The monoisotopic (exact) mass is 413 g/mol. The molecule has 9 heteroatoms. The molecule has 0 aromatic heterocycles. The minimum absolute atomic E-state index is 0.00896. The topological polar surface area (TPSA) is 111 Å². The highest BCUT2D eigenvalue weighted by Crippen LogP contribution is 2.38. The SMILES string of the molecule is COc1ccc(NC(=O)CCN2C(=O)C(C)(C)Oc3ccc(C)cc32)cc1[N+](=O)[O-]. The number of benzene rings is 2. The second-order valence-electron chi connectivity index (χ2n) is 7.48. The number of aryl methyl sites for hydroxylation is 1. The lowest BCUT2D eigenvalue weighted by Gasteiger charge is -2.38. The number of carbonyl (C=O) groups is 2. The first-order valence-electron chi connectivity index (χ1n) is 9.36. The van der Waals surface area contributed by atoms with Crippen LogP contribution in [0.1, 0.15) is 25.8 Å². The van der Waals surface area contributed by atoms with Crippen LogP contribution in [0.2, 0.25) is 0 Å². The first-order chi connectivity index (χ1) is 14.1. The predicted octanol–water partition coefficient (Wildman–Crippen LogP) is 3.44. The average molecular weight is 413 g/mol. The van der Waals surface area contributed by atoms with E-state index in [1.54, 1.807) is 18.7 Å². The number of rotatable bonds is 6. The summed E-state index contributed by atoms with van der Waals surface area (Å²) in [6.07, 6.45) is 0.00896. The highest BCUT2D eigenvalue weighted by molar-refractivity contribution is 6.03. The Morgan fingerprint density at radius 1 is 1.27 bits per heavy atom. The Morgan fingerprint density at radius 3 is 2.67 bits per heavy atom. The average Bonchev–Trinajstić information content (AvgIpc) is 2.68. The van der Waals surface area contributed by atoms with Crippen molar-refractivity contribution in [2.75, 3.05) is 23.9 Å². The van der Waals surface area contributed by atoms with E-state index < -0.39 is 10.5 Å². The van der Waals surface area contributed by atoms with Gasteiger partial charge in [0.15, 0.2) is 11.4 Å². The van der Waals surface area contributed by atoms with Gasteiger partial charge in [-0.1, -0.05) is 6.07 Å². The van der Waals surface area contributed by atoms with Crippen molar-refractivity contribution in [2.24, 2.45) is 0 Å². The van der Waals surface area contributed by atoms with Gasteiger partial charge in [0.25, 0.3) is 5.91 Å². The number of nitro benzene ring substituents is 1. The van der Waals surface area contributed by atoms with Crippen molar-refractivity contribution < 1.29 is 24.0 Å². The normalized spacial score (nSPS) is 14.5. The third-order valence-corrected chi connectivity index (χ3v) is 4.75. The molecule has 0 saturated heterocycles. The number of amides is 2. The molecule has 2 amide bonds. The molecule has 3 rings (SSSR count). The summed E-state index contributed by atoms with van der Waals surface area (Å²) in [5.41, 5.74) is 0.564. The van der Waals surface area contributed by atoms with Crippen molar-refractivity contribution in [3.8, 4) is 11.5 Å². The summed E-state index contributed by atoms with van der Waals surface area (Å²) in [5, 5.41) is 13.8. The summed E-state index contributed by atoms with van der Waals surface area (Å²) in [4.78, 5) is 37.4. The van der Waals surface area contributed by atoms with Crippen LogP contribution in [-0.4, -0.2) is 36.0 Å². The lowest BCUT2D eigenvalue weighted by Crippen LogP contribution is -2.53. The van der Waals surface area contributed by atoms with Crippen LogP contribution in [-0.2, 0) is 9.59 Å². The van der Waals surface area contributed by atoms with Crippen LogP contribution in [0, 0.1) is 17.0 Å². The van der Waals surface area contributed by atoms with Crippen LogP contribution < -0.4 is 19.7 Å². The van der Waals surface area contributed by atoms with Crippen molar-refractivity contribution in [3.63, 3.8) is 0 Å². The van der Waals surface area contributed by atoms with Gasteiger partial charge in [0.1, 0.15) is 5.75 Å². The van der Waals surface area contributed by atoms with Crippen LogP contribution in [0.25, 0.3) is 0 Å². The maximum absolute atomic E-state index is 12.9. The fourth-order valence-corrected chi connectivity index (χ4v) is 3.25. The number of carbonyl (C=O) groups excluding carboxylic acids is 2. The zero-order chi connectivity index (χ0) is 22.1. The number of nitro groups is 1. The molecule has 0 unspecified atom stereocenters. The molecule has 0 atom stereocenters. The molecular formula is C21H23N3O6. The minimum atomic E-state index is -1.05. The second kappa shape index (κ2) is 8.02. The standard InChI is InChI=1S/C21H23N3O6/c1-13-5-7-18-15(11-13)23(20(26)21(2,3)30-18)10-9-19(25)22-14-6-8-17(29-4)16(12-14)24(27)28/h5-8,11-12H,9-10H2,1-4H3,(H,22,25). The van der Waals surface area contributed by atoms with Crippen molar-refractivity contribution in [1.29, 1.82) is 0 Å². The molecule has 0 fully saturated rings. The second-order valence-corrected chi connectivity index (χ2v) is 7.48. The van der Waals surface area contributed by atoms with Gasteiger partial charge < -0.3 is 19.7 Å². The molecule has 1 heterocycles. The largest absolute Gasteiger partial charge is 0.490 e. The molecule has 0 bridgehead atoms. The number of nitrogens with one attached hydrogen (secondary N) is 1. The van der Waals surface area contributed by atoms with Crippen molar-refractivity contribution >= 4 is 28.9 Å². The summed E-state index contributed by atoms with van der Waals surface area (Å²) in [6.45, 7) is 5.42. The number of fused-ring (bicyclic) bond motifs is 1. The third-order valence-electron chi connectivity index (χ3n) is 4.75. The van der Waals surface area contributed by atoms with E-state index >= 15 is 0 Å². The number of hydrogen-bond donors (Lipinski definition) is 1. The fraction of sp³-hybridized carbons (Fsp3) is 0.333. The summed E-state index contributed by atoms with van der Waals surface area (Å²) in [7, 11) is 1.33. The smallest absolute Gasteiger partial charge is 0.312 e. The number of anilines is 2. The molecule has 0 saturated carbocycles. The Balaban J connectivity index is 1.74. The molecule has 2 aromatic rings. The van der Waals surface area contributed by atoms with Crippen LogP contribution >= 0.6 is 0 Å². The molecule has 2 aromatic carbocycles. The van der Waals surface area contributed by atoms with Gasteiger partial charge in [-0.2, -0.15) is 0 Å². The summed E-state index contributed by atoms with van der Waals surface area (Å²) >= 11 is 0. The zero-order valence-corrected chi connectivity index (χ0v) is 17.2. The van der Waals surface area contributed by atoms with E-state index in [9.17, 15) is 19.7 Å². The van der Waals surface area contributed by atoms with E-state index in [1.807, 2.05) is 25.1 Å². The summed E-state index contributed by atoms with van der Waals surface area (Å²) in [6, 6.07) is 9.71. The van der Waals surface area contributed by atoms with Gasteiger partial charge in [0, 0.05) is 24.7 Å². The van der Waals surface area contributed by atoms with Crippen LogP contribution in [0.4, 0.5) is 17.1 Å². The van der Waals surface area contributed by atoms with Gasteiger partial charge >= 0.3 is 5.69 Å². The Kier molecular flexibility index (Phi) is 5.64. The first-order valence-corrected chi connectivity index (χ1v) is 9.36. The van der Waals surface area contributed by atoms with Crippen LogP contribution in [0.5, 0.6) is 11.5 Å². The molecule has 30 heavy (non-hydrogen) atoms. The lowest BCUT2D eigenvalue weighted by atomic mass is 10.0. The van der Waals surface area contributed by atoms with Crippen LogP contribution in [0.15, 0.2) is 36.4 Å². The van der Waals surface area contributed by atoms with E-state index in [0.29, 0.717) is 11.4 Å². The summed E-state index contributed by atoms with van der Waals surface area (Å²) in [5.74, 6) is 0.0664. The number of ether oxygens (including phenoxy) is 2. The van der Waals surface area contributed by atoms with Crippen molar-refractivity contribution in [3.05, 3.63) is 52.1 Å². The van der Waals surface area contributed by atoms with Crippen LogP contribution in [0.3, 0.4) is 0 Å². The number of hydrogen-bond acceptors (Lipinski definition) is 6. The quantitative estimate of drug-likeness (QED) is 0.574.